The highest BCUT2D eigenvalue weighted by molar-refractivity contribution is 5.96. The molecule has 142 valence electrons. The molecule has 0 saturated heterocycles. The first-order valence-corrected chi connectivity index (χ1v) is 9.11. The molecule has 0 atom stereocenters. The van der Waals surface area contributed by atoms with Gasteiger partial charge in [-0.3, -0.25) is 0 Å². The number of methoxy groups -OCH3 is 2. The van der Waals surface area contributed by atoms with Crippen molar-refractivity contribution in [2.45, 2.75) is 6.92 Å². The van der Waals surface area contributed by atoms with Crippen molar-refractivity contribution in [1.82, 2.24) is 9.55 Å². The van der Waals surface area contributed by atoms with Crippen LogP contribution in [0, 0.1) is 6.92 Å². The van der Waals surface area contributed by atoms with Crippen molar-refractivity contribution in [3.63, 3.8) is 0 Å². The fourth-order valence-corrected chi connectivity index (χ4v) is 3.45. The molecule has 1 N–H and O–H groups in total. The Balaban J connectivity index is 1.79. The highest BCUT2D eigenvalue weighted by Crippen LogP contribution is 2.34. The Morgan fingerprint density at radius 2 is 1.71 bits per heavy atom. The molecule has 28 heavy (non-hydrogen) atoms. The molecule has 2 aromatic heterocycles. The Labute approximate surface area is 164 Å². The highest BCUT2D eigenvalue weighted by Gasteiger charge is 2.13. The van der Waals surface area contributed by atoms with Gasteiger partial charge in [0.15, 0.2) is 0 Å². The van der Waals surface area contributed by atoms with Gasteiger partial charge >= 0.3 is 0 Å². The average Bonchev–Trinajstić information content (AvgIpc) is 3.07. The second kappa shape index (κ2) is 7.27. The van der Waals surface area contributed by atoms with Crippen LogP contribution in [0.5, 0.6) is 11.5 Å². The van der Waals surface area contributed by atoms with Crippen LogP contribution in [0.4, 0.5) is 11.5 Å². The van der Waals surface area contributed by atoms with Gasteiger partial charge in [0.1, 0.15) is 17.3 Å². The van der Waals surface area contributed by atoms with Gasteiger partial charge in [-0.2, -0.15) is 0 Å². The lowest BCUT2D eigenvalue weighted by Crippen LogP contribution is -1.97. The maximum Gasteiger partial charge on any atom is 0.139 e. The largest absolute Gasteiger partial charge is 0.497 e. The molecule has 0 aliphatic heterocycles. The van der Waals surface area contributed by atoms with E-state index in [0.717, 1.165) is 50.7 Å². The van der Waals surface area contributed by atoms with E-state index >= 15 is 0 Å². The first kappa shape index (κ1) is 17.9. The summed E-state index contributed by atoms with van der Waals surface area (Å²) in [6.45, 7) is 2.05. The third kappa shape index (κ3) is 3.16. The number of hydrogen-bond acceptors (Lipinski definition) is 4. The van der Waals surface area contributed by atoms with Crippen molar-refractivity contribution in [3.8, 4) is 22.8 Å². The van der Waals surface area contributed by atoms with Crippen molar-refractivity contribution in [1.29, 1.82) is 0 Å². The molecule has 0 radical (unpaired) electrons. The predicted octanol–water partition coefficient (Wildman–Crippen LogP) is 5.31. The summed E-state index contributed by atoms with van der Waals surface area (Å²) >= 11 is 0. The highest BCUT2D eigenvalue weighted by atomic mass is 16.5. The Morgan fingerprint density at radius 1 is 0.929 bits per heavy atom. The van der Waals surface area contributed by atoms with Crippen LogP contribution in [0.25, 0.3) is 22.2 Å². The normalized spacial score (nSPS) is 10.9. The maximum absolute atomic E-state index is 5.38. The van der Waals surface area contributed by atoms with Gasteiger partial charge in [-0.05, 0) is 55.0 Å². The number of benzene rings is 2. The first-order chi connectivity index (χ1) is 13.6. The quantitative estimate of drug-likeness (QED) is 0.515. The number of nitrogens with zero attached hydrogens (tertiary/aromatic N) is 2. The van der Waals surface area contributed by atoms with Gasteiger partial charge in [0.05, 0.1) is 19.7 Å². The Morgan fingerprint density at radius 3 is 2.46 bits per heavy atom. The minimum absolute atomic E-state index is 0.829. The van der Waals surface area contributed by atoms with Crippen LogP contribution in [-0.4, -0.2) is 23.8 Å². The molecule has 0 unspecified atom stereocenters. The van der Waals surface area contributed by atoms with Crippen molar-refractivity contribution >= 4 is 22.4 Å². The molecule has 0 spiro atoms. The van der Waals surface area contributed by atoms with Gasteiger partial charge in [0, 0.05) is 35.6 Å². The van der Waals surface area contributed by atoms with Crippen LogP contribution in [0.1, 0.15) is 5.56 Å². The molecular weight excluding hydrogens is 350 g/mol. The van der Waals surface area contributed by atoms with Crippen LogP contribution < -0.4 is 14.8 Å². The lowest BCUT2D eigenvalue weighted by molar-refractivity contribution is 0.414. The molecule has 2 heterocycles. The van der Waals surface area contributed by atoms with Gasteiger partial charge in [0.25, 0.3) is 0 Å². The summed E-state index contributed by atoms with van der Waals surface area (Å²) in [6, 6.07) is 18.3. The van der Waals surface area contributed by atoms with Gasteiger partial charge < -0.3 is 19.4 Å². The van der Waals surface area contributed by atoms with E-state index in [-0.39, 0.29) is 0 Å². The van der Waals surface area contributed by atoms with E-state index in [4.69, 9.17) is 9.47 Å². The fraction of sp³-hybridized carbons (Fsp3) is 0.174. The molecule has 5 nitrogen and oxygen atoms in total. The first-order valence-electron chi connectivity index (χ1n) is 9.11. The van der Waals surface area contributed by atoms with Crippen molar-refractivity contribution < 1.29 is 9.47 Å². The van der Waals surface area contributed by atoms with Crippen molar-refractivity contribution in [2.24, 2.45) is 7.05 Å². The number of pyridine rings is 1. The van der Waals surface area contributed by atoms with Crippen LogP contribution in [0.2, 0.25) is 0 Å². The lowest BCUT2D eigenvalue weighted by atomic mass is 10.1. The predicted molar refractivity (Wildman–Crippen MR) is 114 cm³/mol. The summed E-state index contributed by atoms with van der Waals surface area (Å²) in [6.07, 6.45) is 1.83. The minimum atomic E-state index is 0.829. The number of anilines is 2. The SMILES string of the molecule is COc1cccc(-c2cc3c(Nc4ccc(OC)cc4C)nccc3n2C)c1. The Kier molecular flexibility index (Phi) is 4.65. The molecular formula is C23H23N3O2. The number of hydrogen-bond donors (Lipinski definition) is 1. The molecule has 5 heteroatoms. The lowest BCUT2D eigenvalue weighted by Gasteiger charge is -2.11. The second-order valence-electron chi connectivity index (χ2n) is 6.72. The number of rotatable bonds is 5. The molecule has 4 aromatic rings. The standard InChI is InChI=1S/C23H23N3O2/c1-15-12-18(28-4)8-9-20(15)25-23-19-14-22(26(2)21(19)10-11-24-23)16-6-5-7-17(13-16)27-3/h5-14H,1-4H3,(H,24,25). The van der Waals surface area contributed by atoms with Gasteiger partial charge in [-0.1, -0.05) is 12.1 Å². The van der Waals surface area contributed by atoms with Crippen molar-refractivity contribution in [2.75, 3.05) is 19.5 Å². The van der Waals surface area contributed by atoms with E-state index in [1.54, 1.807) is 14.2 Å². The summed E-state index contributed by atoms with van der Waals surface area (Å²) in [5, 5.41) is 4.54. The molecule has 2 aromatic carbocycles. The zero-order chi connectivity index (χ0) is 19.7. The number of aromatic nitrogens is 2. The minimum Gasteiger partial charge on any atom is -0.497 e. The summed E-state index contributed by atoms with van der Waals surface area (Å²) in [5.41, 5.74) is 5.43. The number of aryl methyl sites for hydroxylation is 2. The summed E-state index contributed by atoms with van der Waals surface area (Å²) in [4.78, 5) is 4.59. The van der Waals surface area contributed by atoms with E-state index in [1.807, 2.05) is 48.7 Å². The van der Waals surface area contributed by atoms with E-state index in [1.165, 1.54) is 0 Å². The Bertz CT molecular complexity index is 1150. The topological polar surface area (TPSA) is 48.3 Å². The summed E-state index contributed by atoms with van der Waals surface area (Å²) < 4.78 is 12.9. The monoisotopic (exact) mass is 373 g/mol. The maximum atomic E-state index is 5.38. The molecule has 0 aliphatic rings. The smallest absolute Gasteiger partial charge is 0.139 e. The van der Waals surface area contributed by atoms with Crippen molar-refractivity contribution in [3.05, 3.63) is 66.4 Å². The Hall–Kier alpha value is -3.47. The molecule has 0 bridgehead atoms. The van der Waals surface area contributed by atoms with Gasteiger partial charge in [-0.15, -0.1) is 0 Å². The number of fused-ring (bicyclic) bond motifs is 1. The van der Waals surface area contributed by atoms with E-state index < -0.39 is 0 Å². The van der Waals surface area contributed by atoms with Crippen LogP contribution in [0.3, 0.4) is 0 Å². The molecule has 0 saturated carbocycles. The number of ether oxygens (including phenoxy) is 2. The molecule has 0 amide bonds. The van der Waals surface area contributed by atoms with Crippen LogP contribution >= 0.6 is 0 Å². The van der Waals surface area contributed by atoms with E-state index in [9.17, 15) is 0 Å². The van der Waals surface area contributed by atoms with Crippen LogP contribution in [0.15, 0.2) is 60.8 Å². The second-order valence-corrected chi connectivity index (χ2v) is 6.72. The summed E-state index contributed by atoms with van der Waals surface area (Å²) in [5.74, 6) is 2.51. The van der Waals surface area contributed by atoms with Gasteiger partial charge in [0.2, 0.25) is 0 Å². The fourth-order valence-electron chi connectivity index (χ4n) is 3.45. The van der Waals surface area contributed by atoms with Gasteiger partial charge in [-0.25, -0.2) is 4.98 Å². The number of nitrogens with one attached hydrogen (secondary N) is 1. The molecule has 4 rings (SSSR count). The zero-order valence-electron chi connectivity index (χ0n) is 16.5. The van der Waals surface area contributed by atoms with Crippen LogP contribution in [-0.2, 0) is 7.05 Å². The summed E-state index contributed by atoms with van der Waals surface area (Å²) in [7, 11) is 5.43. The van der Waals surface area contributed by atoms with E-state index in [2.05, 4.69) is 41.0 Å². The zero-order valence-corrected chi connectivity index (χ0v) is 16.5. The third-order valence-electron chi connectivity index (χ3n) is 5.02. The average molecular weight is 373 g/mol. The van der Waals surface area contributed by atoms with E-state index in [0.29, 0.717) is 0 Å². The molecule has 0 aliphatic carbocycles. The third-order valence-corrected chi connectivity index (χ3v) is 5.02. The molecule has 0 fully saturated rings.